The molecule has 1 aliphatic heterocycles. The second kappa shape index (κ2) is 10.5. The summed E-state index contributed by atoms with van der Waals surface area (Å²) < 4.78 is 46.0. The number of carboxylic acids is 1. The molecular formula is C24H19ClF4N2O2. The van der Waals surface area contributed by atoms with Crippen LogP contribution in [0.2, 0.25) is 5.02 Å². The van der Waals surface area contributed by atoms with Crippen molar-refractivity contribution >= 4 is 23.4 Å². The standard InChI is InChI=1S/C22H18ClFN2.C2HF3O2/c23-18-13-7-12-17(20(18)24)14-19-25-21(15-8-3-1-4-9-15)22(26-19)16-10-5-2-6-11-16;3-2(4,5)1(6)7/h1-13,21-22H,14H2,(H,25,26);(H,6,7)/t21-,22+;. The Balaban J connectivity index is 0.000000383. The molecule has 3 aromatic rings. The van der Waals surface area contributed by atoms with E-state index in [-0.39, 0.29) is 22.9 Å². The Hall–Kier alpha value is -3.39. The molecule has 0 saturated carbocycles. The molecule has 0 fully saturated rings. The zero-order valence-electron chi connectivity index (χ0n) is 17.1. The average molecular weight is 479 g/mol. The fraction of sp³-hybridized carbons (Fsp3) is 0.167. The van der Waals surface area contributed by atoms with E-state index in [0.717, 1.165) is 17.0 Å². The van der Waals surface area contributed by atoms with E-state index in [1.165, 1.54) is 0 Å². The SMILES string of the molecule is Fc1c(Cl)cccc1CC1=N[C@H](c2ccccc2)[C@H](c2ccccc2)N1.O=C(O)C(F)(F)F. The fourth-order valence-electron chi connectivity index (χ4n) is 3.34. The van der Waals surface area contributed by atoms with Gasteiger partial charge in [-0.25, -0.2) is 9.18 Å². The molecule has 0 saturated heterocycles. The van der Waals surface area contributed by atoms with E-state index in [9.17, 15) is 17.6 Å². The lowest BCUT2D eigenvalue weighted by Gasteiger charge is -2.19. The molecule has 0 amide bonds. The normalized spacial score (nSPS) is 17.4. The van der Waals surface area contributed by atoms with Crippen LogP contribution in [0.3, 0.4) is 0 Å². The number of hydrogen-bond donors (Lipinski definition) is 2. The molecule has 0 spiro atoms. The molecule has 1 aliphatic rings. The second-order valence-corrected chi connectivity index (χ2v) is 7.56. The summed E-state index contributed by atoms with van der Waals surface area (Å²) in [4.78, 5) is 13.8. The average Bonchev–Trinajstić information content (AvgIpc) is 3.22. The van der Waals surface area contributed by atoms with Gasteiger partial charge in [0.2, 0.25) is 0 Å². The van der Waals surface area contributed by atoms with Crippen molar-refractivity contribution in [3.8, 4) is 0 Å². The number of benzene rings is 3. The molecule has 0 bridgehead atoms. The van der Waals surface area contributed by atoms with Gasteiger partial charge in [-0.2, -0.15) is 13.2 Å². The number of aliphatic carboxylic acids is 1. The van der Waals surface area contributed by atoms with E-state index in [2.05, 4.69) is 29.6 Å². The molecule has 9 heteroatoms. The molecule has 0 radical (unpaired) electrons. The quantitative estimate of drug-likeness (QED) is 0.443. The molecule has 4 rings (SSSR count). The summed E-state index contributed by atoms with van der Waals surface area (Å²) in [6, 6.07) is 25.5. The third-order valence-corrected chi connectivity index (χ3v) is 5.16. The molecule has 3 aromatic carbocycles. The number of halogens is 5. The number of amidine groups is 1. The minimum absolute atomic E-state index is 0.0239. The Labute approximate surface area is 192 Å². The Morgan fingerprint density at radius 2 is 1.48 bits per heavy atom. The van der Waals surface area contributed by atoms with Gasteiger partial charge in [0.25, 0.3) is 0 Å². The predicted molar refractivity (Wildman–Crippen MR) is 118 cm³/mol. The molecule has 2 N–H and O–H groups in total. The van der Waals surface area contributed by atoms with Gasteiger partial charge in [-0.3, -0.25) is 4.99 Å². The minimum atomic E-state index is -5.08. The predicted octanol–water partition coefficient (Wildman–Crippen LogP) is 6.14. The number of alkyl halides is 3. The molecular weight excluding hydrogens is 460 g/mol. The van der Waals surface area contributed by atoms with Gasteiger partial charge in [0.05, 0.1) is 11.1 Å². The smallest absolute Gasteiger partial charge is 0.475 e. The van der Waals surface area contributed by atoms with Crippen molar-refractivity contribution in [3.63, 3.8) is 0 Å². The molecule has 0 unspecified atom stereocenters. The van der Waals surface area contributed by atoms with Crippen LogP contribution in [0.5, 0.6) is 0 Å². The molecule has 33 heavy (non-hydrogen) atoms. The maximum atomic E-state index is 14.3. The van der Waals surface area contributed by atoms with Crippen LogP contribution in [-0.4, -0.2) is 23.1 Å². The van der Waals surface area contributed by atoms with Gasteiger partial charge in [0.15, 0.2) is 0 Å². The first-order chi connectivity index (χ1) is 15.7. The van der Waals surface area contributed by atoms with Crippen LogP contribution in [-0.2, 0) is 11.2 Å². The van der Waals surface area contributed by atoms with E-state index in [4.69, 9.17) is 26.5 Å². The Kier molecular flexibility index (Phi) is 7.71. The summed E-state index contributed by atoms with van der Waals surface area (Å²) in [5.74, 6) is -2.36. The number of nitrogens with one attached hydrogen (secondary N) is 1. The highest BCUT2D eigenvalue weighted by Crippen LogP contribution is 2.36. The van der Waals surface area contributed by atoms with Crippen molar-refractivity contribution < 1.29 is 27.5 Å². The highest BCUT2D eigenvalue weighted by molar-refractivity contribution is 6.30. The van der Waals surface area contributed by atoms with Crippen LogP contribution in [0, 0.1) is 5.82 Å². The number of carboxylic acid groups (broad SMARTS) is 1. The number of nitrogens with zero attached hydrogens (tertiary/aromatic N) is 1. The summed E-state index contributed by atoms with van der Waals surface area (Å²) in [6.07, 6.45) is -4.70. The van der Waals surface area contributed by atoms with Crippen molar-refractivity contribution in [1.82, 2.24) is 5.32 Å². The van der Waals surface area contributed by atoms with Crippen LogP contribution in [0.15, 0.2) is 83.9 Å². The van der Waals surface area contributed by atoms with Crippen LogP contribution in [0.4, 0.5) is 17.6 Å². The highest BCUT2D eigenvalue weighted by Gasteiger charge is 2.38. The van der Waals surface area contributed by atoms with Gasteiger partial charge in [-0.05, 0) is 22.8 Å². The summed E-state index contributed by atoms with van der Waals surface area (Å²) >= 11 is 5.91. The summed E-state index contributed by atoms with van der Waals surface area (Å²) in [5, 5.41) is 10.8. The van der Waals surface area contributed by atoms with Crippen LogP contribution >= 0.6 is 11.6 Å². The summed E-state index contributed by atoms with van der Waals surface area (Å²) in [6.45, 7) is 0. The Morgan fingerprint density at radius 1 is 0.939 bits per heavy atom. The van der Waals surface area contributed by atoms with E-state index in [1.54, 1.807) is 18.2 Å². The van der Waals surface area contributed by atoms with Crippen LogP contribution in [0.1, 0.15) is 28.8 Å². The Bertz CT molecular complexity index is 1120. The molecule has 1 heterocycles. The van der Waals surface area contributed by atoms with E-state index in [0.29, 0.717) is 12.0 Å². The zero-order valence-corrected chi connectivity index (χ0v) is 17.8. The van der Waals surface area contributed by atoms with Gasteiger partial charge in [0, 0.05) is 6.42 Å². The maximum Gasteiger partial charge on any atom is 0.490 e. The largest absolute Gasteiger partial charge is 0.490 e. The van der Waals surface area contributed by atoms with Crippen molar-refractivity contribution in [2.24, 2.45) is 4.99 Å². The van der Waals surface area contributed by atoms with E-state index in [1.807, 2.05) is 36.4 Å². The van der Waals surface area contributed by atoms with E-state index >= 15 is 0 Å². The van der Waals surface area contributed by atoms with Crippen molar-refractivity contribution in [2.75, 3.05) is 0 Å². The van der Waals surface area contributed by atoms with Crippen LogP contribution < -0.4 is 5.32 Å². The second-order valence-electron chi connectivity index (χ2n) is 7.16. The number of aliphatic imine (C=N–C) groups is 1. The lowest BCUT2D eigenvalue weighted by Crippen LogP contribution is -2.26. The van der Waals surface area contributed by atoms with Gasteiger partial charge in [-0.1, -0.05) is 84.4 Å². The first-order valence-corrected chi connectivity index (χ1v) is 10.2. The Morgan fingerprint density at radius 3 is 2.03 bits per heavy atom. The zero-order chi connectivity index (χ0) is 24.0. The minimum Gasteiger partial charge on any atom is -0.475 e. The first kappa shape index (κ1) is 24.3. The van der Waals surface area contributed by atoms with Gasteiger partial charge >= 0.3 is 12.1 Å². The van der Waals surface area contributed by atoms with Gasteiger partial charge < -0.3 is 10.4 Å². The molecule has 2 atom stereocenters. The van der Waals surface area contributed by atoms with Crippen LogP contribution in [0.25, 0.3) is 0 Å². The third kappa shape index (κ3) is 6.32. The highest BCUT2D eigenvalue weighted by atomic mass is 35.5. The number of hydrogen-bond acceptors (Lipinski definition) is 3. The van der Waals surface area contributed by atoms with Gasteiger partial charge in [0.1, 0.15) is 17.7 Å². The summed E-state index contributed by atoms with van der Waals surface area (Å²) in [7, 11) is 0. The van der Waals surface area contributed by atoms with Crippen molar-refractivity contribution in [1.29, 1.82) is 0 Å². The maximum absolute atomic E-state index is 14.3. The molecule has 172 valence electrons. The fourth-order valence-corrected chi connectivity index (χ4v) is 3.54. The third-order valence-electron chi connectivity index (χ3n) is 4.86. The van der Waals surface area contributed by atoms with Crippen molar-refractivity contribution in [2.45, 2.75) is 24.7 Å². The summed E-state index contributed by atoms with van der Waals surface area (Å²) in [5.41, 5.74) is 2.84. The topological polar surface area (TPSA) is 61.7 Å². The number of rotatable bonds is 4. The number of carbonyl (C=O) groups is 1. The van der Waals surface area contributed by atoms with E-state index < -0.39 is 12.1 Å². The lowest BCUT2D eigenvalue weighted by molar-refractivity contribution is -0.192. The molecule has 0 aromatic heterocycles. The van der Waals surface area contributed by atoms with Gasteiger partial charge in [-0.15, -0.1) is 0 Å². The first-order valence-electron chi connectivity index (χ1n) is 9.83. The van der Waals surface area contributed by atoms with Crippen molar-refractivity contribution in [3.05, 3.63) is 106 Å². The monoisotopic (exact) mass is 478 g/mol. The lowest BCUT2D eigenvalue weighted by atomic mass is 9.95. The molecule has 4 nitrogen and oxygen atoms in total. The molecule has 0 aliphatic carbocycles.